The molecule has 0 amide bonds. The van der Waals surface area contributed by atoms with Crippen LogP contribution in [0.4, 0.5) is 0 Å². The van der Waals surface area contributed by atoms with Gasteiger partial charge in [0.25, 0.3) is 0 Å². The van der Waals surface area contributed by atoms with Crippen molar-refractivity contribution in [3.63, 3.8) is 0 Å². The number of thioether (sulfide) groups is 1. The van der Waals surface area contributed by atoms with Crippen molar-refractivity contribution in [2.24, 2.45) is 0 Å². The van der Waals surface area contributed by atoms with Crippen molar-refractivity contribution >= 4 is 11.8 Å². The highest BCUT2D eigenvalue weighted by atomic mass is 32.2. The maximum Gasteiger partial charge on any atom is 0.119 e. The Morgan fingerprint density at radius 1 is 1.43 bits per heavy atom. The molecule has 0 aliphatic carbocycles. The molecule has 5 heteroatoms. The fourth-order valence-corrected chi connectivity index (χ4v) is 3.61. The summed E-state index contributed by atoms with van der Waals surface area (Å²) in [5.74, 6) is 1.79. The first kappa shape index (κ1) is 16.2. The van der Waals surface area contributed by atoms with Crippen LogP contribution >= 0.6 is 11.8 Å². The molecule has 0 saturated carbocycles. The van der Waals surface area contributed by atoms with Crippen LogP contribution in [-0.2, 0) is 0 Å². The molecule has 1 aliphatic rings. The number of nitrogens with zero attached hydrogens (tertiary/aromatic N) is 2. The van der Waals surface area contributed by atoms with Crippen LogP contribution in [-0.4, -0.2) is 52.9 Å². The molecule has 1 saturated heterocycles. The monoisotopic (exact) mass is 306 g/mol. The molecule has 0 radical (unpaired) electrons. The van der Waals surface area contributed by atoms with E-state index in [-0.39, 0.29) is 11.4 Å². The van der Waals surface area contributed by atoms with E-state index >= 15 is 0 Å². The van der Waals surface area contributed by atoms with Gasteiger partial charge in [-0.25, -0.2) is 0 Å². The SMILES string of the molecule is CC1(C)CN(CC(O)COc2ccc(C#N)cc2)CCS1. The van der Waals surface area contributed by atoms with Gasteiger partial charge < -0.3 is 9.84 Å². The first-order valence-corrected chi connectivity index (χ1v) is 8.14. The summed E-state index contributed by atoms with van der Waals surface area (Å²) in [7, 11) is 0. The molecule has 21 heavy (non-hydrogen) atoms. The standard InChI is InChI=1S/C16H22N2O2S/c1-16(2)12-18(7-8-21-16)10-14(19)11-20-15-5-3-13(9-17)4-6-15/h3-6,14,19H,7-8,10-12H2,1-2H3. The van der Waals surface area contributed by atoms with Gasteiger partial charge >= 0.3 is 0 Å². The van der Waals surface area contributed by atoms with E-state index in [1.807, 2.05) is 11.8 Å². The third kappa shape index (κ3) is 5.24. The molecule has 1 N–H and O–H groups in total. The summed E-state index contributed by atoms with van der Waals surface area (Å²) in [6, 6.07) is 9.01. The number of β-amino-alcohol motifs (C(OH)–C–C–N with tert-alkyl or cyclic N) is 1. The lowest BCUT2D eigenvalue weighted by atomic mass is 10.1. The summed E-state index contributed by atoms with van der Waals surface area (Å²) in [6.07, 6.45) is -0.500. The summed E-state index contributed by atoms with van der Waals surface area (Å²) in [4.78, 5) is 2.29. The van der Waals surface area contributed by atoms with Crippen LogP contribution in [0.15, 0.2) is 24.3 Å². The van der Waals surface area contributed by atoms with E-state index in [2.05, 4.69) is 24.8 Å². The predicted octanol–water partition coefficient (Wildman–Crippen LogP) is 2.13. The Labute approximate surface area is 130 Å². The van der Waals surface area contributed by atoms with Crippen molar-refractivity contribution in [2.45, 2.75) is 24.7 Å². The second kappa shape index (κ2) is 7.17. The molecule has 1 aromatic carbocycles. The van der Waals surface area contributed by atoms with Crippen molar-refractivity contribution < 1.29 is 9.84 Å². The van der Waals surface area contributed by atoms with Gasteiger partial charge in [0.2, 0.25) is 0 Å². The van der Waals surface area contributed by atoms with E-state index in [9.17, 15) is 5.11 Å². The summed E-state index contributed by atoms with van der Waals surface area (Å²) >= 11 is 1.98. The number of aliphatic hydroxyl groups is 1. The lowest BCUT2D eigenvalue weighted by Crippen LogP contribution is -2.47. The summed E-state index contributed by atoms with van der Waals surface area (Å²) in [6.45, 7) is 7.40. The minimum atomic E-state index is -0.500. The number of nitriles is 1. The maximum absolute atomic E-state index is 10.1. The lowest BCUT2D eigenvalue weighted by Gasteiger charge is -2.38. The molecule has 0 aromatic heterocycles. The molecule has 1 aliphatic heterocycles. The third-order valence-corrected chi connectivity index (χ3v) is 4.70. The molecule has 0 spiro atoms. The number of hydrogen-bond acceptors (Lipinski definition) is 5. The topological polar surface area (TPSA) is 56.5 Å². The van der Waals surface area contributed by atoms with Gasteiger partial charge in [0.05, 0.1) is 11.6 Å². The van der Waals surface area contributed by atoms with Crippen molar-refractivity contribution in [1.82, 2.24) is 4.90 Å². The zero-order valence-corrected chi connectivity index (χ0v) is 13.4. The predicted molar refractivity (Wildman–Crippen MR) is 85.6 cm³/mol. The maximum atomic E-state index is 10.1. The second-order valence-corrected chi connectivity index (χ2v) is 7.75. The Morgan fingerprint density at radius 3 is 2.76 bits per heavy atom. The second-order valence-electron chi connectivity index (χ2n) is 5.94. The van der Waals surface area contributed by atoms with Gasteiger partial charge in [0.1, 0.15) is 18.5 Å². The van der Waals surface area contributed by atoms with Crippen LogP contribution in [0.1, 0.15) is 19.4 Å². The number of hydrogen-bond donors (Lipinski definition) is 1. The van der Waals surface area contributed by atoms with Gasteiger partial charge in [-0.2, -0.15) is 17.0 Å². The van der Waals surface area contributed by atoms with E-state index in [1.54, 1.807) is 24.3 Å². The zero-order chi connectivity index (χ0) is 15.3. The molecule has 114 valence electrons. The summed E-state index contributed by atoms with van der Waals surface area (Å²) in [5, 5.41) is 18.8. The Kier molecular flexibility index (Phi) is 5.51. The van der Waals surface area contributed by atoms with E-state index in [0.29, 0.717) is 17.9 Å². The first-order valence-electron chi connectivity index (χ1n) is 7.16. The molecular formula is C16H22N2O2S. The number of aliphatic hydroxyl groups excluding tert-OH is 1. The van der Waals surface area contributed by atoms with Crippen molar-refractivity contribution in [2.75, 3.05) is 32.0 Å². The largest absolute Gasteiger partial charge is 0.491 e. The molecule has 2 rings (SSSR count). The average molecular weight is 306 g/mol. The molecular weight excluding hydrogens is 284 g/mol. The van der Waals surface area contributed by atoms with E-state index in [0.717, 1.165) is 18.8 Å². The molecule has 1 unspecified atom stereocenters. The Hall–Kier alpha value is -1.22. The molecule has 0 bridgehead atoms. The Morgan fingerprint density at radius 2 is 2.14 bits per heavy atom. The minimum absolute atomic E-state index is 0.256. The molecule has 1 atom stereocenters. The smallest absolute Gasteiger partial charge is 0.119 e. The fourth-order valence-electron chi connectivity index (χ4n) is 2.44. The Balaban J connectivity index is 1.76. The molecule has 1 heterocycles. The highest BCUT2D eigenvalue weighted by molar-refractivity contribution is 8.00. The lowest BCUT2D eigenvalue weighted by molar-refractivity contribution is 0.0667. The third-order valence-electron chi connectivity index (χ3n) is 3.40. The van der Waals surface area contributed by atoms with Crippen molar-refractivity contribution in [3.05, 3.63) is 29.8 Å². The highest BCUT2D eigenvalue weighted by Gasteiger charge is 2.27. The van der Waals surface area contributed by atoms with Crippen LogP contribution in [0.5, 0.6) is 5.75 Å². The minimum Gasteiger partial charge on any atom is -0.491 e. The highest BCUT2D eigenvalue weighted by Crippen LogP contribution is 2.29. The number of benzene rings is 1. The number of ether oxygens (including phenoxy) is 1. The Bertz CT molecular complexity index is 496. The van der Waals surface area contributed by atoms with Crippen LogP contribution in [0.2, 0.25) is 0 Å². The van der Waals surface area contributed by atoms with Crippen LogP contribution < -0.4 is 4.74 Å². The zero-order valence-electron chi connectivity index (χ0n) is 12.6. The fraction of sp³-hybridized carbons (Fsp3) is 0.562. The van der Waals surface area contributed by atoms with Gasteiger partial charge in [-0.1, -0.05) is 0 Å². The van der Waals surface area contributed by atoms with Gasteiger partial charge in [-0.3, -0.25) is 4.90 Å². The molecule has 1 aromatic rings. The van der Waals surface area contributed by atoms with Gasteiger partial charge in [-0.15, -0.1) is 0 Å². The average Bonchev–Trinajstić information content (AvgIpc) is 2.44. The van der Waals surface area contributed by atoms with Gasteiger partial charge in [-0.05, 0) is 38.1 Å². The van der Waals surface area contributed by atoms with Crippen LogP contribution in [0.3, 0.4) is 0 Å². The number of rotatable bonds is 5. The molecule has 1 fully saturated rings. The van der Waals surface area contributed by atoms with Crippen LogP contribution in [0, 0.1) is 11.3 Å². The quantitative estimate of drug-likeness (QED) is 0.903. The van der Waals surface area contributed by atoms with Crippen molar-refractivity contribution in [3.8, 4) is 11.8 Å². The first-order chi connectivity index (χ1) is 9.98. The summed E-state index contributed by atoms with van der Waals surface area (Å²) in [5.41, 5.74) is 0.607. The van der Waals surface area contributed by atoms with E-state index < -0.39 is 6.10 Å². The molecule has 4 nitrogen and oxygen atoms in total. The van der Waals surface area contributed by atoms with E-state index in [1.165, 1.54) is 0 Å². The van der Waals surface area contributed by atoms with Gasteiger partial charge in [0.15, 0.2) is 0 Å². The van der Waals surface area contributed by atoms with Gasteiger partial charge in [0, 0.05) is 30.1 Å². The summed E-state index contributed by atoms with van der Waals surface area (Å²) < 4.78 is 5.83. The normalized spacial score (nSPS) is 19.7. The van der Waals surface area contributed by atoms with Crippen LogP contribution in [0.25, 0.3) is 0 Å². The van der Waals surface area contributed by atoms with Crippen molar-refractivity contribution in [1.29, 1.82) is 5.26 Å². The van der Waals surface area contributed by atoms with E-state index in [4.69, 9.17) is 10.00 Å².